The molecule has 0 saturated carbocycles. The number of benzene rings is 3. The van der Waals surface area contributed by atoms with Crippen molar-refractivity contribution in [3.63, 3.8) is 0 Å². The summed E-state index contributed by atoms with van der Waals surface area (Å²) in [6.07, 6.45) is 2.18. The lowest BCUT2D eigenvalue weighted by atomic mass is 10.0. The Morgan fingerprint density at radius 3 is 2.27 bits per heavy atom. The van der Waals surface area contributed by atoms with Crippen molar-refractivity contribution in [1.29, 1.82) is 0 Å². The van der Waals surface area contributed by atoms with Crippen LogP contribution in [-0.2, 0) is 14.1 Å². The fourth-order valence-electron chi connectivity index (χ4n) is 4.19. The number of pyridine rings is 1. The van der Waals surface area contributed by atoms with E-state index in [2.05, 4.69) is 103 Å². The van der Waals surface area contributed by atoms with E-state index in [9.17, 15) is 0 Å². The maximum Gasteiger partial charge on any atom is 0.237 e. The Bertz CT molecular complexity index is 1310. The maximum absolute atomic E-state index is 2.35. The van der Waals surface area contributed by atoms with Crippen molar-refractivity contribution in [3.8, 4) is 11.3 Å². The third kappa shape index (κ3) is 2.02. The van der Waals surface area contributed by atoms with E-state index in [1.807, 2.05) is 0 Å². The van der Waals surface area contributed by atoms with Crippen LogP contribution < -0.4 is 4.57 Å². The van der Waals surface area contributed by atoms with Gasteiger partial charge in [0, 0.05) is 29.4 Å². The highest BCUT2D eigenvalue weighted by Gasteiger charge is 2.22. The van der Waals surface area contributed by atoms with Crippen LogP contribution in [0.5, 0.6) is 0 Å². The highest BCUT2D eigenvalue weighted by molar-refractivity contribution is 6.14. The first-order valence-electron chi connectivity index (χ1n) is 9.00. The van der Waals surface area contributed by atoms with Gasteiger partial charge in [-0.1, -0.05) is 42.5 Å². The van der Waals surface area contributed by atoms with Crippen molar-refractivity contribution >= 4 is 32.6 Å². The topological polar surface area (TPSA) is 8.81 Å². The normalized spacial score (nSPS) is 11.7. The standard InChI is InChI=1S/C24H21N2/c1-16-8-4-7-11-19(16)23-24-20(12-13-25(23)2)21-14-17-9-5-6-10-18(17)15-22(21)26(24)3/h4-15H,1-3H3/q+1. The first-order valence-corrected chi connectivity index (χ1v) is 9.00. The van der Waals surface area contributed by atoms with Crippen LogP contribution in [0.4, 0.5) is 0 Å². The van der Waals surface area contributed by atoms with Crippen molar-refractivity contribution in [2.24, 2.45) is 14.1 Å². The molecule has 5 aromatic rings. The van der Waals surface area contributed by atoms with Crippen molar-refractivity contribution in [3.05, 3.63) is 78.5 Å². The molecule has 2 heterocycles. The second-order valence-electron chi connectivity index (χ2n) is 7.13. The molecule has 0 spiro atoms. The Hall–Kier alpha value is -3.13. The molecule has 2 heteroatoms. The highest BCUT2D eigenvalue weighted by atomic mass is 15.0. The second kappa shape index (κ2) is 5.43. The molecule has 2 aromatic heterocycles. The molecular weight excluding hydrogens is 316 g/mol. The van der Waals surface area contributed by atoms with Crippen LogP contribution in [0.25, 0.3) is 43.8 Å². The summed E-state index contributed by atoms with van der Waals surface area (Å²) in [6, 6.07) is 24.1. The summed E-state index contributed by atoms with van der Waals surface area (Å²) in [6.45, 7) is 2.19. The van der Waals surface area contributed by atoms with Crippen LogP contribution in [-0.4, -0.2) is 4.57 Å². The van der Waals surface area contributed by atoms with E-state index in [0.717, 1.165) is 0 Å². The fraction of sp³-hybridized carbons (Fsp3) is 0.125. The molecule has 0 radical (unpaired) electrons. The lowest BCUT2D eigenvalue weighted by Gasteiger charge is -2.07. The van der Waals surface area contributed by atoms with Crippen LogP contribution in [0.2, 0.25) is 0 Å². The van der Waals surface area contributed by atoms with Gasteiger partial charge in [0.1, 0.15) is 12.6 Å². The van der Waals surface area contributed by atoms with Crippen LogP contribution in [0.3, 0.4) is 0 Å². The zero-order chi connectivity index (χ0) is 17.8. The van der Waals surface area contributed by atoms with E-state index in [1.165, 1.54) is 49.4 Å². The average Bonchev–Trinajstić information content (AvgIpc) is 2.93. The number of nitrogens with zero attached hydrogens (tertiary/aromatic N) is 2. The van der Waals surface area contributed by atoms with Gasteiger partial charge in [-0.3, -0.25) is 0 Å². The third-order valence-electron chi connectivity index (χ3n) is 5.55. The molecule has 0 bridgehead atoms. The van der Waals surface area contributed by atoms with E-state index in [1.54, 1.807) is 0 Å². The lowest BCUT2D eigenvalue weighted by molar-refractivity contribution is -0.659. The predicted molar refractivity (Wildman–Crippen MR) is 109 cm³/mol. The van der Waals surface area contributed by atoms with E-state index >= 15 is 0 Å². The Kier molecular flexibility index (Phi) is 3.17. The minimum absolute atomic E-state index is 1.27. The molecule has 0 aliphatic heterocycles. The zero-order valence-electron chi connectivity index (χ0n) is 15.3. The molecule has 0 saturated heterocycles. The van der Waals surface area contributed by atoms with Gasteiger partial charge in [-0.05, 0) is 41.5 Å². The minimum Gasteiger partial charge on any atom is -0.338 e. The van der Waals surface area contributed by atoms with Crippen LogP contribution >= 0.6 is 0 Å². The molecule has 0 aliphatic carbocycles. The Morgan fingerprint density at radius 1 is 0.808 bits per heavy atom. The number of hydrogen-bond donors (Lipinski definition) is 0. The summed E-state index contributed by atoms with van der Waals surface area (Å²) in [7, 11) is 4.32. The van der Waals surface area contributed by atoms with E-state index in [0.29, 0.717) is 0 Å². The number of hydrogen-bond acceptors (Lipinski definition) is 0. The number of rotatable bonds is 1. The highest BCUT2D eigenvalue weighted by Crippen LogP contribution is 2.35. The van der Waals surface area contributed by atoms with Crippen molar-refractivity contribution in [2.75, 3.05) is 0 Å². The zero-order valence-corrected chi connectivity index (χ0v) is 15.3. The lowest BCUT2D eigenvalue weighted by Crippen LogP contribution is -2.31. The first kappa shape index (κ1) is 15.2. The summed E-state index contributed by atoms with van der Waals surface area (Å²) in [5, 5.41) is 5.20. The van der Waals surface area contributed by atoms with E-state index in [4.69, 9.17) is 0 Å². The van der Waals surface area contributed by atoms with Gasteiger partial charge in [0.05, 0.1) is 5.56 Å². The minimum atomic E-state index is 1.27. The van der Waals surface area contributed by atoms with Crippen LogP contribution in [0, 0.1) is 6.92 Å². The van der Waals surface area contributed by atoms with Crippen LogP contribution in [0.15, 0.2) is 72.9 Å². The van der Waals surface area contributed by atoms with Crippen LogP contribution in [0.1, 0.15) is 5.56 Å². The molecule has 126 valence electrons. The maximum atomic E-state index is 2.35. The van der Waals surface area contributed by atoms with Crippen molar-refractivity contribution in [1.82, 2.24) is 4.57 Å². The number of aromatic nitrogens is 2. The Morgan fingerprint density at radius 2 is 1.50 bits per heavy atom. The monoisotopic (exact) mass is 337 g/mol. The summed E-state index contributed by atoms with van der Waals surface area (Å²) in [5.41, 5.74) is 6.42. The first-order chi connectivity index (χ1) is 12.6. The molecule has 3 aromatic carbocycles. The summed E-state index contributed by atoms with van der Waals surface area (Å²) < 4.78 is 4.59. The van der Waals surface area contributed by atoms with Gasteiger partial charge in [0.15, 0.2) is 6.20 Å². The smallest absolute Gasteiger partial charge is 0.237 e. The van der Waals surface area contributed by atoms with Gasteiger partial charge >= 0.3 is 0 Å². The van der Waals surface area contributed by atoms with Crippen molar-refractivity contribution < 1.29 is 4.57 Å². The summed E-state index contributed by atoms with van der Waals surface area (Å²) >= 11 is 0. The molecule has 0 unspecified atom stereocenters. The van der Waals surface area contributed by atoms with E-state index < -0.39 is 0 Å². The second-order valence-corrected chi connectivity index (χ2v) is 7.13. The average molecular weight is 337 g/mol. The SMILES string of the molecule is Cc1ccccc1-c1c2c(cc[n+]1C)c1cc3ccccc3cc1n2C. The molecule has 26 heavy (non-hydrogen) atoms. The molecule has 2 nitrogen and oxygen atoms in total. The fourth-order valence-corrected chi connectivity index (χ4v) is 4.19. The van der Waals surface area contributed by atoms with Gasteiger partial charge in [-0.25, -0.2) is 0 Å². The molecular formula is C24H21N2+. The quantitative estimate of drug-likeness (QED) is 0.368. The summed E-state index contributed by atoms with van der Waals surface area (Å²) in [4.78, 5) is 0. The molecule has 0 amide bonds. The Balaban J connectivity index is 2.00. The van der Waals surface area contributed by atoms with E-state index in [-0.39, 0.29) is 0 Å². The third-order valence-corrected chi connectivity index (χ3v) is 5.55. The molecule has 0 atom stereocenters. The van der Waals surface area contributed by atoms with Gasteiger partial charge < -0.3 is 4.57 Å². The molecule has 5 rings (SSSR count). The molecule has 0 aliphatic rings. The van der Waals surface area contributed by atoms with Gasteiger partial charge in [0.25, 0.3) is 0 Å². The van der Waals surface area contributed by atoms with Gasteiger partial charge in [-0.2, -0.15) is 4.57 Å². The van der Waals surface area contributed by atoms with Gasteiger partial charge in [-0.15, -0.1) is 0 Å². The van der Waals surface area contributed by atoms with Crippen molar-refractivity contribution in [2.45, 2.75) is 6.92 Å². The summed E-state index contributed by atoms with van der Waals surface area (Å²) in [5.74, 6) is 0. The van der Waals surface area contributed by atoms with Gasteiger partial charge in [0.2, 0.25) is 5.69 Å². The number of aryl methyl sites for hydroxylation is 3. The molecule has 0 N–H and O–H groups in total. The Labute approximate surface area is 152 Å². The molecule has 0 fully saturated rings. The number of fused-ring (bicyclic) bond motifs is 4. The predicted octanol–water partition coefficient (Wildman–Crippen LogP) is 5.28. The largest absolute Gasteiger partial charge is 0.338 e.